The molecule has 1 heterocycles. The number of hydrogen-bond donors (Lipinski definition) is 2. The van der Waals surface area contributed by atoms with Gasteiger partial charge in [0, 0.05) is 29.0 Å². The minimum absolute atomic E-state index is 0.535. The Kier molecular flexibility index (Phi) is 7.49. The van der Waals surface area contributed by atoms with Crippen LogP contribution in [0.2, 0.25) is 5.02 Å². The van der Waals surface area contributed by atoms with Crippen molar-refractivity contribution < 1.29 is 0 Å². The first-order valence-corrected chi connectivity index (χ1v) is 11.8. The van der Waals surface area contributed by atoms with Crippen molar-refractivity contribution in [2.45, 2.75) is 55.9 Å². The van der Waals surface area contributed by atoms with Gasteiger partial charge in [0.25, 0.3) is 0 Å². The van der Waals surface area contributed by atoms with Crippen LogP contribution in [0.4, 0.5) is 11.6 Å². The molecule has 0 aliphatic heterocycles. The number of benzene rings is 2. The predicted octanol–water partition coefficient (Wildman–Crippen LogP) is 6.78. The van der Waals surface area contributed by atoms with E-state index in [2.05, 4.69) is 44.3 Å². The standard InChI is InChI=1S/C24H27ClN4S/c25-22-8-4-5-9-23(22)30-29-21-14-12-18(13-15-21)10-11-19-16-26-24(27-17-19)28-20-6-2-1-3-7-20/h4-5,8-9,12-17,20,29H,1-3,6-7,10-11H2,(H,26,27,28). The van der Waals surface area contributed by atoms with E-state index < -0.39 is 0 Å². The fourth-order valence-corrected chi connectivity index (χ4v) is 4.58. The van der Waals surface area contributed by atoms with E-state index in [0.29, 0.717) is 6.04 Å². The highest BCUT2D eigenvalue weighted by Gasteiger charge is 2.13. The van der Waals surface area contributed by atoms with Crippen LogP contribution in [0.25, 0.3) is 0 Å². The van der Waals surface area contributed by atoms with Gasteiger partial charge in [-0.25, -0.2) is 9.97 Å². The van der Waals surface area contributed by atoms with E-state index in [-0.39, 0.29) is 0 Å². The fourth-order valence-electron chi connectivity index (χ4n) is 3.66. The molecule has 156 valence electrons. The lowest BCUT2D eigenvalue weighted by molar-refractivity contribution is 0.461. The first-order valence-electron chi connectivity index (χ1n) is 10.6. The molecule has 1 saturated carbocycles. The average Bonchev–Trinajstić information content (AvgIpc) is 2.79. The lowest BCUT2D eigenvalue weighted by atomic mass is 9.96. The smallest absolute Gasteiger partial charge is 0.222 e. The number of aromatic nitrogens is 2. The molecule has 6 heteroatoms. The molecule has 30 heavy (non-hydrogen) atoms. The van der Waals surface area contributed by atoms with Crippen LogP contribution in [0.15, 0.2) is 65.8 Å². The zero-order valence-corrected chi connectivity index (χ0v) is 18.6. The molecule has 1 aromatic heterocycles. The van der Waals surface area contributed by atoms with E-state index in [0.717, 1.165) is 34.4 Å². The third kappa shape index (κ3) is 6.13. The molecule has 4 rings (SSSR count). The van der Waals surface area contributed by atoms with Crippen LogP contribution < -0.4 is 10.0 Å². The first-order chi connectivity index (χ1) is 14.8. The van der Waals surface area contributed by atoms with Crippen LogP contribution >= 0.6 is 23.5 Å². The highest BCUT2D eigenvalue weighted by molar-refractivity contribution is 8.00. The van der Waals surface area contributed by atoms with Crippen LogP contribution in [0.3, 0.4) is 0 Å². The zero-order chi connectivity index (χ0) is 20.6. The largest absolute Gasteiger partial charge is 0.351 e. The predicted molar refractivity (Wildman–Crippen MR) is 127 cm³/mol. The van der Waals surface area contributed by atoms with Crippen molar-refractivity contribution in [1.29, 1.82) is 0 Å². The normalized spacial score (nSPS) is 14.4. The molecule has 0 bridgehead atoms. The molecule has 1 aliphatic rings. The molecule has 0 amide bonds. The number of halogens is 1. The molecule has 3 aromatic rings. The summed E-state index contributed by atoms with van der Waals surface area (Å²) in [5.41, 5.74) is 3.53. The van der Waals surface area contributed by atoms with Gasteiger partial charge in [-0.2, -0.15) is 0 Å². The minimum atomic E-state index is 0.535. The summed E-state index contributed by atoms with van der Waals surface area (Å²) >= 11 is 7.72. The zero-order valence-electron chi connectivity index (χ0n) is 17.0. The van der Waals surface area contributed by atoms with Crippen molar-refractivity contribution in [3.8, 4) is 0 Å². The molecular weight excluding hydrogens is 412 g/mol. The number of anilines is 2. The van der Waals surface area contributed by atoms with E-state index in [4.69, 9.17) is 11.6 Å². The molecule has 4 nitrogen and oxygen atoms in total. The van der Waals surface area contributed by atoms with Crippen LogP contribution in [-0.2, 0) is 12.8 Å². The van der Waals surface area contributed by atoms with E-state index in [1.54, 1.807) is 0 Å². The van der Waals surface area contributed by atoms with E-state index >= 15 is 0 Å². The van der Waals surface area contributed by atoms with Crippen LogP contribution in [-0.4, -0.2) is 16.0 Å². The van der Waals surface area contributed by atoms with Crippen molar-refractivity contribution in [3.05, 3.63) is 77.1 Å². The molecule has 0 saturated heterocycles. The molecule has 2 N–H and O–H groups in total. The van der Waals surface area contributed by atoms with Gasteiger partial charge in [0.15, 0.2) is 0 Å². The SMILES string of the molecule is Clc1ccccc1SNc1ccc(CCc2cnc(NC3CCCCC3)nc2)cc1. The van der Waals surface area contributed by atoms with Crippen molar-refractivity contribution in [2.75, 3.05) is 10.0 Å². The molecule has 2 aromatic carbocycles. The van der Waals surface area contributed by atoms with Crippen LogP contribution in [0.1, 0.15) is 43.2 Å². The second kappa shape index (κ2) is 10.7. The second-order valence-electron chi connectivity index (χ2n) is 7.73. The van der Waals surface area contributed by atoms with Gasteiger partial charge in [0.1, 0.15) is 0 Å². The summed E-state index contributed by atoms with van der Waals surface area (Å²) in [5.74, 6) is 0.761. The van der Waals surface area contributed by atoms with Crippen molar-refractivity contribution >= 4 is 35.2 Å². The number of nitrogens with one attached hydrogen (secondary N) is 2. The Morgan fingerprint density at radius 1 is 0.867 bits per heavy atom. The Morgan fingerprint density at radius 2 is 1.57 bits per heavy atom. The summed E-state index contributed by atoms with van der Waals surface area (Å²) in [6.07, 6.45) is 12.2. The Hall–Kier alpha value is -2.24. The third-order valence-electron chi connectivity index (χ3n) is 5.42. The Labute approximate surface area is 188 Å². The lowest BCUT2D eigenvalue weighted by Gasteiger charge is -2.22. The highest BCUT2D eigenvalue weighted by Crippen LogP contribution is 2.28. The second-order valence-corrected chi connectivity index (χ2v) is 8.98. The van der Waals surface area contributed by atoms with Crippen molar-refractivity contribution in [3.63, 3.8) is 0 Å². The summed E-state index contributed by atoms with van der Waals surface area (Å²) in [4.78, 5) is 10.0. The maximum absolute atomic E-state index is 6.20. The van der Waals surface area contributed by atoms with Gasteiger partial charge < -0.3 is 10.0 Å². The van der Waals surface area contributed by atoms with Gasteiger partial charge in [-0.15, -0.1) is 0 Å². The van der Waals surface area contributed by atoms with E-state index in [1.165, 1.54) is 55.2 Å². The van der Waals surface area contributed by atoms with Gasteiger partial charge in [0.05, 0.1) is 5.02 Å². The van der Waals surface area contributed by atoms with Crippen LogP contribution in [0, 0.1) is 0 Å². The molecular formula is C24H27ClN4S. The Balaban J connectivity index is 1.24. The monoisotopic (exact) mass is 438 g/mol. The molecule has 0 unspecified atom stereocenters. The summed E-state index contributed by atoms with van der Waals surface area (Å²) in [6, 6.07) is 16.9. The van der Waals surface area contributed by atoms with Crippen molar-refractivity contribution in [2.24, 2.45) is 0 Å². The Morgan fingerprint density at radius 3 is 2.30 bits per heavy atom. The summed E-state index contributed by atoms with van der Waals surface area (Å²) in [7, 11) is 0. The summed E-state index contributed by atoms with van der Waals surface area (Å²) < 4.78 is 3.35. The highest BCUT2D eigenvalue weighted by atomic mass is 35.5. The van der Waals surface area contributed by atoms with Gasteiger partial charge in [0.2, 0.25) is 5.95 Å². The number of rotatable bonds is 8. The van der Waals surface area contributed by atoms with Gasteiger partial charge >= 0.3 is 0 Å². The molecule has 0 spiro atoms. The minimum Gasteiger partial charge on any atom is -0.351 e. The molecule has 0 atom stereocenters. The summed E-state index contributed by atoms with van der Waals surface area (Å²) in [6.45, 7) is 0. The Bertz CT molecular complexity index is 925. The lowest BCUT2D eigenvalue weighted by Crippen LogP contribution is -2.23. The van der Waals surface area contributed by atoms with E-state index in [1.807, 2.05) is 36.7 Å². The van der Waals surface area contributed by atoms with E-state index in [9.17, 15) is 0 Å². The summed E-state index contributed by atoms with van der Waals surface area (Å²) in [5, 5.41) is 4.23. The molecule has 0 radical (unpaired) electrons. The van der Waals surface area contributed by atoms with Gasteiger partial charge in [-0.3, -0.25) is 0 Å². The first kappa shape index (κ1) is 21.0. The number of nitrogens with zero attached hydrogens (tertiary/aromatic N) is 2. The van der Waals surface area contributed by atoms with Crippen LogP contribution in [0.5, 0.6) is 0 Å². The topological polar surface area (TPSA) is 49.8 Å². The van der Waals surface area contributed by atoms with Gasteiger partial charge in [-0.1, -0.05) is 55.1 Å². The molecule has 1 fully saturated rings. The number of aryl methyl sites for hydroxylation is 2. The molecule has 1 aliphatic carbocycles. The average molecular weight is 439 g/mol. The maximum atomic E-state index is 6.20. The number of hydrogen-bond acceptors (Lipinski definition) is 5. The maximum Gasteiger partial charge on any atom is 0.222 e. The fraction of sp³-hybridized carbons (Fsp3) is 0.333. The van der Waals surface area contributed by atoms with Crippen molar-refractivity contribution in [1.82, 2.24) is 9.97 Å². The van der Waals surface area contributed by atoms with Gasteiger partial charge in [-0.05, 0) is 73.0 Å². The third-order valence-corrected chi connectivity index (χ3v) is 6.77. The quantitative estimate of drug-likeness (QED) is 0.379.